The molecule has 5 aromatic rings. The Morgan fingerprint density at radius 2 is 1.71 bits per heavy atom. The van der Waals surface area contributed by atoms with Gasteiger partial charge in [-0.15, -0.1) is 0 Å². The SMILES string of the molecule is Cn1ccc(-c2cc(C(=O)Nc3c(-c4ccccc4)ccn4c(C(C)(C)O)cnc34)ccc2C(F)(F)F)n1. The van der Waals surface area contributed by atoms with E-state index in [-0.39, 0.29) is 16.8 Å². The second-order valence-electron chi connectivity index (χ2n) is 9.45. The molecule has 38 heavy (non-hydrogen) atoms. The van der Waals surface area contributed by atoms with Crippen molar-refractivity contribution in [1.29, 1.82) is 0 Å². The number of halogens is 3. The zero-order chi connectivity index (χ0) is 27.2. The molecule has 3 aromatic heterocycles. The lowest BCUT2D eigenvalue weighted by molar-refractivity contribution is -0.137. The number of rotatable bonds is 5. The van der Waals surface area contributed by atoms with E-state index in [1.165, 1.54) is 29.2 Å². The highest BCUT2D eigenvalue weighted by Crippen LogP contribution is 2.38. The molecule has 0 bridgehead atoms. The van der Waals surface area contributed by atoms with Gasteiger partial charge in [0.1, 0.15) is 5.60 Å². The summed E-state index contributed by atoms with van der Waals surface area (Å²) in [5.41, 5.74) is 0.552. The highest BCUT2D eigenvalue weighted by molar-refractivity contribution is 6.09. The largest absolute Gasteiger partial charge is 0.417 e. The average molecular weight is 520 g/mol. The summed E-state index contributed by atoms with van der Waals surface area (Å²) in [5.74, 6) is -0.617. The van der Waals surface area contributed by atoms with Crippen LogP contribution in [0.1, 0.15) is 35.5 Å². The Hall–Kier alpha value is -4.44. The second kappa shape index (κ2) is 9.14. The van der Waals surface area contributed by atoms with Gasteiger partial charge in [-0.25, -0.2) is 4.98 Å². The van der Waals surface area contributed by atoms with Crippen molar-refractivity contribution in [3.8, 4) is 22.4 Å². The summed E-state index contributed by atoms with van der Waals surface area (Å²) in [5, 5.41) is 17.6. The molecule has 1 amide bonds. The maximum atomic E-state index is 13.8. The van der Waals surface area contributed by atoms with Gasteiger partial charge < -0.3 is 10.4 Å². The van der Waals surface area contributed by atoms with Crippen molar-refractivity contribution in [2.45, 2.75) is 25.6 Å². The molecule has 0 spiro atoms. The molecule has 0 aliphatic heterocycles. The summed E-state index contributed by atoms with van der Waals surface area (Å²) >= 11 is 0. The molecule has 0 aliphatic carbocycles. The van der Waals surface area contributed by atoms with Gasteiger partial charge in [-0.1, -0.05) is 30.3 Å². The Morgan fingerprint density at radius 3 is 2.34 bits per heavy atom. The van der Waals surface area contributed by atoms with Gasteiger partial charge in [0.15, 0.2) is 5.65 Å². The summed E-state index contributed by atoms with van der Waals surface area (Å²) in [7, 11) is 1.60. The quantitative estimate of drug-likeness (QED) is 0.303. The van der Waals surface area contributed by atoms with Crippen molar-refractivity contribution in [2.75, 3.05) is 5.32 Å². The number of benzene rings is 2. The first-order valence-electron chi connectivity index (χ1n) is 11.7. The molecule has 3 heterocycles. The predicted molar refractivity (Wildman–Crippen MR) is 137 cm³/mol. The Labute approximate surface area is 216 Å². The van der Waals surface area contributed by atoms with E-state index in [2.05, 4.69) is 15.4 Å². The number of fused-ring (bicyclic) bond motifs is 1. The zero-order valence-corrected chi connectivity index (χ0v) is 20.8. The molecule has 0 radical (unpaired) electrons. The number of aliphatic hydroxyl groups is 1. The van der Waals surface area contributed by atoms with Gasteiger partial charge in [0.05, 0.1) is 28.8 Å². The Kier molecular flexibility index (Phi) is 6.07. The minimum absolute atomic E-state index is 0.0222. The lowest BCUT2D eigenvalue weighted by Gasteiger charge is -2.19. The number of amides is 1. The lowest BCUT2D eigenvalue weighted by Crippen LogP contribution is -2.19. The molecule has 0 fully saturated rings. The van der Waals surface area contributed by atoms with E-state index in [0.717, 1.165) is 17.7 Å². The summed E-state index contributed by atoms with van der Waals surface area (Å²) in [4.78, 5) is 17.9. The molecule has 0 aliphatic rings. The number of nitrogens with one attached hydrogen (secondary N) is 1. The number of alkyl halides is 3. The van der Waals surface area contributed by atoms with Crippen molar-refractivity contribution in [2.24, 2.45) is 7.05 Å². The van der Waals surface area contributed by atoms with Crippen LogP contribution in [0.25, 0.3) is 28.0 Å². The van der Waals surface area contributed by atoms with Crippen LogP contribution in [-0.2, 0) is 18.8 Å². The third-order valence-electron chi connectivity index (χ3n) is 6.21. The number of hydrogen-bond acceptors (Lipinski definition) is 4. The van der Waals surface area contributed by atoms with Crippen LogP contribution in [-0.4, -0.2) is 30.2 Å². The molecule has 10 heteroatoms. The molecular formula is C28H24F3N5O2. The third kappa shape index (κ3) is 4.66. The highest BCUT2D eigenvalue weighted by Gasteiger charge is 2.35. The van der Waals surface area contributed by atoms with E-state index in [4.69, 9.17) is 0 Å². The minimum atomic E-state index is -4.63. The minimum Gasteiger partial charge on any atom is -0.384 e. The van der Waals surface area contributed by atoms with Gasteiger partial charge >= 0.3 is 6.18 Å². The Bertz CT molecular complexity index is 1650. The summed E-state index contributed by atoms with van der Waals surface area (Å²) in [6, 6.07) is 15.8. The first-order valence-corrected chi connectivity index (χ1v) is 11.7. The van der Waals surface area contributed by atoms with E-state index in [1.54, 1.807) is 37.6 Å². The fourth-order valence-corrected chi connectivity index (χ4v) is 4.37. The number of aromatic nitrogens is 4. The van der Waals surface area contributed by atoms with Gasteiger partial charge in [0, 0.05) is 36.1 Å². The van der Waals surface area contributed by atoms with Crippen LogP contribution in [0.4, 0.5) is 18.9 Å². The van der Waals surface area contributed by atoms with E-state index in [9.17, 15) is 23.1 Å². The van der Waals surface area contributed by atoms with Crippen LogP contribution >= 0.6 is 0 Å². The van der Waals surface area contributed by atoms with Crippen LogP contribution < -0.4 is 5.32 Å². The average Bonchev–Trinajstić information content (AvgIpc) is 3.50. The predicted octanol–water partition coefficient (Wildman–Crippen LogP) is 5.90. The fraction of sp³-hybridized carbons (Fsp3) is 0.179. The molecule has 5 rings (SSSR count). The fourth-order valence-electron chi connectivity index (χ4n) is 4.37. The monoisotopic (exact) mass is 519 g/mol. The number of imidazole rings is 1. The first kappa shape index (κ1) is 25.2. The molecule has 7 nitrogen and oxygen atoms in total. The molecule has 194 valence electrons. The summed E-state index contributed by atoms with van der Waals surface area (Å²) < 4.78 is 44.4. The topological polar surface area (TPSA) is 84.5 Å². The van der Waals surface area contributed by atoms with Crippen LogP contribution in [0.3, 0.4) is 0 Å². The number of aryl methyl sites for hydroxylation is 1. The second-order valence-corrected chi connectivity index (χ2v) is 9.45. The number of pyridine rings is 1. The van der Waals surface area contributed by atoms with Gasteiger partial charge in [0.2, 0.25) is 0 Å². The maximum absolute atomic E-state index is 13.8. The molecule has 0 atom stereocenters. The van der Waals surface area contributed by atoms with Crippen molar-refractivity contribution in [3.63, 3.8) is 0 Å². The smallest absolute Gasteiger partial charge is 0.384 e. The number of carbonyl (C=O) groups is 1. The molecule has 0 saturated carbocycles. The molecule has 0 unspecified atom stereocenters. The lowest BCUT2D eigenvalue weighted by atomic mass is 10.00. The van der Waals surface area contributed by atoms with E-state index >= 15 is 0 Å². The Morgan fingerprint density at radius 1 is 0.974 bits per heavy atom. The van der Waals surface area contributed by atoms with E-state index in [1.807, 2.05) is 30.3 Å². The normalized spacial score (nSPS) is 12.2. The van der Waals surface area contributed by atoms with E-state index in [0.29, 0.717) is 22.6 Å². The number of carbonyl (C=O) groups excluding carboxylic acids is 1. The van der Waals surface area contributed by atoms with Gasteiger partial charge in [-0.2, -0.15) is 18.3 Å². The molecule has 0 saturated heterocycles. The zero-order valence-electron chi connectivity index (χ0n) is 20.8. The number of nitrogens with zero attached hydrogens (tertiary/aromatic N) is 4. The third-order valence-corrected chi connectivity index (χ3v) is 6.21. The van der Waals surface area contributed by atoms with E-state index < -0.39 is 23.2 Å². The van der Waals surface area contributed by atoms with Gasteiger partial charge in [-0.3, -0.25) is 13.9 Å². The molecular weight excluding hydrogens is 495 g/mol. The van der Waals surface area contributed by atoms with Gasteiger partial charge in [0.25, 0.3) is 5.91 Å². The highest BCUT2D eigenvalue weighted by atomic mass is 19.4. The molecule has 2 N–H and O–H groups in total. The van der Waals surface area contributed by atoms with Crippen LogP contribution in [0, 0.1) is 0 Å². The first-order chi connectivity index (χ1) is 17.9. The standard InChI is InChI=1S/C28H24F3N5O2/c1-27(2,38)23-16-32-25-24(19(11-14-36(23)25)17-7-5-4-6-8-17)33-26(37)18-9-10-21(28(29,30)31)20(15-18)22-12-13-35(3)34-22/h4-16,38H,1-3H3,(H,33,37). The molecule has 2 aromatic carbocycles. The van der Waals surface area contributed by atoms with Crippen molar-refractivity contribution < 1.29 is 23.1 Å². The van der Waals surface area contributed by atoms with Crippen LogP contribution in [0.15, 0.2) is 79.3 Å². The maximum Gasteiger partial charge on any atom is 0.417 e. The Balaban J connectivity index is 1.63. The van der Waals surface area contributed by atoms with Crippen LogP contribution in [0.5, 0.6) is 0 Å². The summed E-state index contributed by atoms with van der Waals surface area (Å²) in [6.45, 7) is 3.25. The van der Waals surface area contributed by atoms with Crippen LogP contribution in [0.2, 0.25) is 0 Å². The van der Waals surface area contributed by atoms with Crippen molar-refractivity contribution in [3.05, 3.63) is 96.1 Å². The van der Waals surface area contributed by atoms with Crippen molar-refractivity contribution >= 4 is 17.2 Å². The number of anilines is 1. The summed E-state index contributed by atoms with van der Waals surface area (Å²) in [6.07, 6.45) is 0.187. The van der Waals surface area contributed by atoms with Crippen molar-refractivity contribution in [1.82, 2.24) is 19.2 Å². The van der Waals surface area contributed by atoms with Gasteiger partial charge in [-0.05, 0) is 49.7 Å². The number of hydrogen-bond donors (Lipinski definition) is 2.